The molecule has 0 spiro atoms. The maximum Gasteiger partial charge on any atom is 0.410 e. The van der Waals surface area contributed by atoms with Crippen molar-refractivity contribution in [2.45, 2.75) is 56.8 Å². The number of ether oxygens (including phenoxy) is 2. The monoisotopic (exact) mass is 483 g/mol. The van der Waals surface area contributed by atoms with Gasteiger partial charge in [0, 0.05) is 27.2 Å². The Morgan fingerprint density at radius 1 is 1.27 bits per heavy atom. The van der Waals surface area contributed by atoms with Crippen LogP contribution in [0.2, 0.25) is 0 Å². The second-order valence-electron chi connectivity index (χ2n) is 8.87. The van der Waals surface area contributed by atoms with Crippen molar-refractivity contribution >= 4 is 21.9 Å². The number of halogens is 1. The Labute approximate surface area is 196 Å². The summed E-state index contributed by atoms with van der Waals surface area (Å²) in [6.45, 7) is 2.08. The van der Waals surface area contributed by atoms with Crippen molar-refractivity contribution in [1.29, 1.82) is 0 Å². The number of likely N-dealkylation sites (tertiary alicyclic amines) is 1. The van der Waals surface area contributed by atoms with Crippen LogP contribution in [0.4, 0.5) is 9.18 Å². The fourth-order valence-electron chi connectivity index (χ4n) is 4.71. The van der Waals surface area contributed by atoms with Crippen LogP contribution in [0.1, 0.15) is 38.2 Å². The lowest BCUT2D eigenvalue weighted by Gasteiger charge is -2.34. The van der Waals surface area contributed by atoms with Gasteiger partial charge in [-0.2, -0.15) is 17.0 Å². The van der Waals surface area contributed by atoms with Gasteiger partial charge in [0.15, 0.2) is 0 Å². The van der Waals surface area contributed by atoms with E-state index < -0.39 is 28.4 Å². The van der Waals surface area contributed by atoms with Gasteiger partial charge in [-0.25, -0.2) is 9.18 Å². The average Bonchev–Trinajstić information content (AvgIpc) is 3.12. The molecule has 10 heteroatoms. The maximum atomic E-state index is 13.5. The van der Waals surface area contributed by atoms with Crippen LogP contribution in [0.5, 0.6) is 0 Å². The minimum Gasteiger partial charge on any atom is -0.453 e. The van der Waals surface area contributed by atoms with Crippen LogP contribution in [0.3, 0.4) is 0 Å². The molecule has 1 amide bonds. The van der Waals surface area contributed by atoms with Gasteiger partial charge in [0.05, 0.1) is 31.9 Å². The highest BCUT2D eigenvalue weighted by Crippen LogP contribution is 2.33. The maximum absolute atomic E-state index is 13.5. The summed E-state index contributed by atoms with van der Waals surface area (Å²) in [5, 5.41) is 0. The lowest BCUT2D eigenvalue weighted by Crippen LogP contribution is -2.52. The summed E-state index contributed by atoms with van der Waals surface area (Å²) in [7, 11) is 2.16. The second kappa shape index (κ2) is 10.5. The van der Waals surface area contributed by atoms with E-state index in [1.54, 1.807) is 11.0 Å². The quantitative estimate of drug-likeness (QED) is 0.596. The van der Waals surface area contributed by atoms with E-state index in [2.05, 4.69) is 6.08 Å². The molecule has 2 aliphatic rings. The molecule has 1 aromatic carbocycles. The smallest absolute Gasteiger partial charge is 0.410 e. The summed E-state index contributed by atoms with van der Waals surface area (Å²) >= 11 is 0. The van der Waals surface area contributed by atoms with Crippen molar-refractivity contribution in [2.75, 3.05) is 34.9 Å². The van der Waals surface area contributed by atoms with Crippen molar-refractivity contribution < 1.29 is 27.1 Å². The Kier molecular flexibility index (Phi) is 8.15. The zero-order valence-corrected chi connectivity index (χ0v) is 20.7. The molecule has 0 N–H and O–H groups in total. The third-order valence-corrected chi connectivity index (χ3v) is 8.52. The molecule has 8 nitrogen and oxygen atoms in total. The number of hydrogen-bond donors (Lipinski definition) is 0. The third kappa shape index (κ3) is 5.56. The van der Waals surface area contributed by atoms with E-state index in [9.17, 15) is 17.6 Å². The SMILES string of the molecule is COC(=O)N1[C@H](C)C[C@H](N(C)S(=O)(=O)N(C)C)[C@@H]1CO[C@@H]1CC=C(c2cccc(F)c2)CC1. The van der Waals surface area contributed by atoms with Gasteiger partial charge >= 0.3 is 6.09 Å². The summed E-state index contributed by atoms with van der Waals surface area (Å²) in [6.07, 6.45) is 4.19. The van der Waals surface area contributed by atoms with Crippen molar-refractivity contribution in [1.82, 2.24) is 13.5 Å². The van der Waals surface area contributed by atoms with Crippen molar-refractivity contribution in [3.05, 3.63) is 41.7 Å². The first kappa shape index (κ1) is 25.6. The Balaban J connectivity index is 1.72. The largest absolute Gasteiger partial charge is 0.453 e. The molecule has 0 radical (unpaired) electrons. The van der Waals surface area contributed by atoms with E-state index in [4.69, 9.17) is 9.47 Å². The van der Waals surface area contributed by atoms with E-state index in [-0.39, 0.29) is 24.6 Å². The highest BCUT2D eigenvalue weighted by molar-refractivity contribution is 7.86. The van der Waals surface area contributed by atoms with E-state index in [0.29, 0.717) is 12.8 Å². The summed E-state index contributed by atoms with van der Waals surface area (Å²) < 4.78 is 52.7. The molecule has 1 heterocycles. The second-order valence-corrected chi connectivity index (χ2v) is 11.1. The number of benzene rings is 1. The van der Waals surface area contributed by atoms with Crippen LogP contribution in [0.15, 0.2) is 30.3 Å². The van der Waals surface area contributed by atoms with Gasteiger partial charge in [-0.3, -0.25) is 4.90 Å². The van der Waals surface area contributed by atoms with E-state index >= 15 is 0 Å². The highest BCUT2D eigenvalue weighted by atomic mass is 32.2. The normalized spacial score (nSPS) is 26.1. The van der Waals surface area contributed by atoms with Crippen LogP contribution in [-0.4, -0.2) is 87.1 Å². The molecule has 184 valence electrons. The summed E-state index contributed by atoms with van der Waals surface area (Å²) in [6, 6.07) is 5.46. The van der Waals surface area contributed by atoms with E-state index in [1.807, 2.05) is 13.0 Å². The predicted molar refractivity (Wildman–Crippen MR) is 124 cm³/mol. The van der Waals surface area contributed by atoms with Gasteiger partial charge in [-0.1, -0.05) is 18.2 Å². The first-order valence-corrected chi connectivity index (χ1v) is 12.5. The first-order chi connectivity index (χ1) is 15.6. The average molecular weight is 484 g/mol. The molecule has 1 saturated heterocycles. The van der Waals surface area contributed by atoms with Crippen LogP contribution in [-0.2, 0) is 19.7 Å². The molecule has 0 bridgehead atoms. The topological polar surface area (TPSA) is 79.4 Å². The molecular formula is C23H34FN3O5S. The molecule has 3 rings (SSSR count). The number of carbonyl (C=O) groups excluding carboxylic acids is 1. The Morgan fingerprint density at radius 2 is 2.00 bits per heavy atom. The number of carbonyl (C=O) groups is 1. The Morgan fingerprint density at radius 3 is 2.58 bits per heavy atom. The number of hydrogen-bond acceptors (Lipinski definition) is 5. The molecule has 4 atom stereocenters. The number of allylic oxidation sites excluding steroid dienone is 1. The number of nitrogens with zero attached hydrogens (tertiary/aromatic N) is 3. The van der Waals surface area contributed by atoms with Gasteiger partial charge in [-0.05, 0) is 55.9 Å². The van der Waals surface area contributed by atoms with Crippen LogP contribution >= 0.6 is 0 Å². The fraction of sp³-hybridized carbons (Fsp3) is 0.609. The third-order valence-electron chi connectivity index (χ3n) is 6.60. The number of amides is 1. The lowest BCUT2D eigenvalue weighted by molar-refractivity contribution is 0.00165. The molecule has 1 aliphatic carbocycles. The van der Waals surface area contributed by atoms with Crippen LogP contribution < -0.4 is 0 Å². The molecular weight excluding hydrogens is 449 g/mol. The Hall–Kier alpha value is -2.01. The molecule has 0 unspecified atom stereocenters. The van der Waals surface area contributed by atoms with Crippen LogP contribution in [0.25, 0.3) is 5.57 Å². The van der Waals surface area contributed by atoms with E-state index in [1.165, 1.54) is 44.7 Å². The van der Waals surface area contributed by atoms with Gasteiger partial charge in [0.1, 0.15) is 5.82 Å². The molecule has 1 fully saturated rings. The zero-order chi connectivity index (χ0) is 24.3. The van der Waals surface area contributed by atoms with Gasteiger partial charge in [0.25, 0.3) is 10.2 Å². The molecule has 1 aromatic rings. The molecule has 1 aliphatic heterocycles. The summed E-state index contributed by atoms with van der Waals surface area (Å²) in [5.74, 6) is -0.257. The standard InChI is InChI=1S/C23H34FN3O5S/c1-16-13-21(26(4)33(29,30)25(2)3)22(27(16)23(28)31-5)15-32-20-11-9-17(10-12-20)18-7-6-8-19(24)14-18/h6-9,14,16,20-22H,10-13,15H2,1-5H3/t16-,20-,21+,22+/m1/s1. The lowest BCUT2D eigenvalue weighted by atomic mass is 9.92. The van der Waals surface area contributed by atoms with Crippen molar-refractivity contribution in [3.8, 4) is 0 Å². The number of rotatable bonds is 7. The van der Waals surface area contributed by atoms with Gasteiger partial charge < -0.3 is 9.47 Å². The Bertz CT molecular complexity index is 984. The van der Waals surface area contributed by atoms with Crippen molar-refractivity contribution in [2.24, 2.45) is 0 Å². The van der Waals surface area contributed by atoms with E-state index in [0.717, 1.165) is 28.3 Å². The number of methoxy groups -OCH3 is 1. The molecule has 33 heavy (non-hydrogen) atoms. The van der Waals surface area contributed by atoms with Crippen LogP contribution in [0, 0.1) is 5.82 Å². The highest BCUT2D eigenvalue weighted by Gasteiger charge is 2.47. The van der Waals surface area contributed by atoms with Gasteiger partial charge in [0.2, 0.25) is 0 Å². The summed E-state index contributed by atoms with van der Waals surface area (Å²) in [4.78, 5) is 14.1. The molecule has 0 saturated carbocycles. The minimum absolute atomic E-state index is 0.0610. The van der Waals surface area contributed by atoms with Gasteiger partial charge in [-0.15, -0.1) is 0 Å². The molecule has 0 aromatic heterocycles. The van der Waals surface area contributed by atoms with Crippen molar-refractivity contribution in [3.63, 3.8) is 0 Å². The zero-order valence-electron chi connectivity index (χ0n) is 19.9. The number of likely N-dealkylation sites (N-methyl/N-ethyl adjacent to an activating group) is 1. The summed E-state index contributed by atoms with van der Waals surface area (Å²) in [5.41, 5.74) is 1.97. The first-order valence-electron chi connectivity index (χ1n) is 11.1. The predicted octanol–water partition coefficient (Wildman–Crippen LogP) is 3.11. The minimum atomic E-state index is -3.66. The fourth-order valence-corrected chi connectivity index (χ4v) is 5.79.